The molecule has 25 heavy (non-hydrogen) atoms. The highest BCUT2D eigenvalue weighted by atomic mass is 15.2. The molecule has 2 N–H and O–H groups in total. The van der Waals surface area contributed by atoms with E-state index in [0.29, 0.717) is 0 Å². The van der Waals surface area contributed by atoms with Gasteiger partial charge in [-0.2, -0.15) is 0 Å². The Bertz CT molecular complexity index is 504. The first-order valence-corrected chi connectivity index (χ1v) is 10.0. The molecule has 0 atom stereocenters. The number of hydrogen-bond acceptors (Lipinski definition) is 2. The quantitative estimate of drug-likeness (QED) is 0.367. The first-order chi connectivity index (χ1) is 12.2. The van der Waals surface area contributed by atoms with Crippen LogP contribution in [0.3, 0.4) is 0 Å². The number of nitrogens with zero attached hydrogens (tertiary/aromatic N) is 2. The molecule has 2 rings (SSSR count). The summed E-state index contributed by atoms with van der Waals surface area (Å²) < 4.78 is 0. The van der Waals surface area contributed by atoms with Gasteiger partial charge in [-0.3, -0.25) is 4.99 Å². The zero-order valence-corrected chi connectivity index (χ0v) is 16.4. The summed E-state index contributed by atoms with van der Waals surface area (Å²) in [5.74, 6) is 0.965. The maximum atomic E-state index is 4.87. The van der Waals surface area contributed by atoms with Crippen molar-refractivity contribution >= 4 is 5.96 Å². The predicted molar refractivity (Wildman–Crippen MR) is 108 cm³/mol. The summed E-state index contributed by atoms with van der Waals surface area (Å²) >= 11 is 0. The molecule has 0 amide bonds. The van der Waals surface area contributed by atoms with Crippen LogP contribution >= 0.6 is 0 Å². The van der Waals surface area contributed by atoms with E-state index < -0.39 is 0 Å². The molecule has 0 aromatic heterocycles. The summed E-state index contributed by atoms with van der Waals surface area (Å²) in [6, 6.07) is 10.9. The van der Waals surface area contributed by atoms with E-state index in [1.165, 1.54) is 37.8 Å². The van der Waals surface area contributed by atoms with Gasteiger partial charge in [-0.05, 0) is 57.8 Å². The van der Waals surface area contributed by atoms with E-state index in [9.17, 15) is 0 Å². The molecule has 1 aromatic carbocycles. The van der Waals surface area contributed by atoms with E-state index in [-0.39, 0.29) is 5.41 Å². The fourth-order valence-electron chi connectivity index (χ4n) is 3.26. The van der Waals surface area contributed by atoms with E-state index in [1.807, 2.05) is 0 Å². The van der Waals surface area contributed by atoms with Gasteiger partial charge in [-0.1, -0.05) is 44.2 Å². The van der Waals surface area contributed by atoms with E-state index in [4.69, 9.17) is 4.99 Å². The minimum Gasteiger partial charge on any atom is -0.357 e. The van der Waals surface area contributed by atoms with Crippen LogP contribution in [0.5, 0.6) is 0 Å². The molecule has 0 saturated heterocycles. The van der Waals surface area contributed by atoms with Crippen LogP contribution in [0.4, 0.5) is 0 Å². The minimum absolute atomic E-state index is 0.284. The SMILES string of the molecule is CCNC(=NCC1(c2ccccc2)CC1)NCCCCN(CC)CC. The molecule has 0 heterocycles. The highest BCUT2D eigenvalue weighted by Gasteiger charge is 2.43. The van der Waals surface area contributed by atoms with Gasteiger partial charge in [0, 0.05) is 18.5 Å². The molecular weight excluding hydrogens is 308 g/mol. The minimum atomic E-state index is 0.284. The molecule has 0 spiro atoms. The number of hydrogen-bond donors (Lipinski definition) is 2. The molecule has 1 aliphatic rings. The van der Waals surface area contributed by atoms with Crippen LogP contribution in [0.2, 0.25) is 0 Å². The molecule has 4 nitrogen and oxygen atoms in total. The second-order valence-electron chi connectivity index (χ2n) is 7.00. The molecule has 0 aliphatic heterocycles. The van der Waals surface area contributed by atoms with Gasteiger partial charge >= 0.3 is 0 Å². The molecule has 1 aromatic rings. The van der Waals surface area contributed by atoms with Crippen molar-refractivity contribution in [3.05, 3.63) is 35.9 Å². The van der Waals surface area contributed by atoms with E-state index >= 15 is 0 Å². The molecule has 1 aliphatic carbocycles. The molecule has 0 unspecified atom stereocenters. The average molecular weight is 345 g/mol. The number of rotatable bonds is 11. The smallest absolute Gasteiger partial charge is 0.191 e. The second-order valence-corrected chi connectivity index (χ2v) is 7.00. The molecular formula is C21H36N4. The normalized spacial score (nSPS) is 16.1. The molecule has 0 bridgehead atoms. The molecule has 4 heteroatoms. The summed E-state index contributed by atoms with van der Waals surface area (Å²) in [4.78, 5) is 7.36. The predicted octanol–water partition coefficient (Wildman–Crippen LogP) is 3.40. The lowest BCUT2D eigenvalue weighted by molar-refractivity contribution is 0.297. The summed E-state index contributed by atoms with van der Waals surface area (Å²) in [7, 11) is 0. The first-order valence-electron chi connectivity index (χ1n) is 10.0. The van der Waals surface area contributed by atoms with Crippen LogP contribution in [0.15, 0.2) is 35.3 Å². The molecule has 1 fully saturated rings. The van der Waals surface area contributed by atoms with Gasteiger partial charge in [-0.15, -0.1) is 0 Å². The van der Waals surface area contributed by atoms with Crippen molar-refractivity contribution in [2.24, 2.45) is 4.99 Å². The number of guanidine groups is 1. The van der Waals surface area contributed by atoms with E-state index in [1.54, 1.807) is 0 Å². The van der Waals surface area contributed by atoms with Gasteiger partial charge in [0.05, 0.1) is 6.54 Å². The zero-order chi connectivity index (χ0) is 18.0. The summed E-state index contributed by atoms with van der Waals surface area (Å²) in [6.45, 7) is 12.9. The van der Waals surface area contributed by atoms with Gasteiger partial charge < -0.3 is 15.5 Å². The van der Waals surface area contributed by atoms with Crippen molar-refractivity contribution in [2.45, 2.75) is 51.9 Å². The van der Waals surface area contributed by atoms with Crippen molar-refractivity contribution in [1.82, 2.24) is 15.5 Å². The first kappa shape index (κ1) is 19.8. The van der Waals surface area contributed by atoms with Crippen LogP contribution < -0.4 is 10.6 Å². The molecule has 0 radical (unpaired) electrons. The van der Waals surface area contributed by atoms with Crippen LogP contribution in [-0.4, -0.2) is 50.1 Å². The Morgan fingerprint density at radius 2 is 1.76 bits per heavy atom. The zero-order valence-electron chi connectivity index (χ0n) is 16.4. The Hall–Kier alpha value is -1.55. The summed E-state index contributed by atoms with van der Waals surface area (Å²) in [6.07, 6.45) is 4.93. The van der Waals surface area contributed by atoms with Crippen LogP contribution in [0.25, 0.3) is 0 Å². The van der Waals surface area contributed by atoms with Crippen LogP contribution in [0, 0.1) is 0 Å². The fourth-order valence-corrected chi connectivity index (χ4v) is 3.26. The number of nitrogens with one attached hydrogen (secondary N) is 2. The second kappa shape index (κ2) is 10.4. The van der Waals surface area contributed by atoms with Crippen molar-refractivity contribution in [2.75, 3.05) is 39.3 Å². The lowest BCUT2D eigenvalue weighted by Gasteiger charge is -2.18. The monoisotopic (exact) mass is 344 g/mol. The third-order valence-corrected chi connectivity index (χ3v) is 5.21. The summed E-state index contributed by atoms with van der Waals surface area (Å²) in [5.41, 5.74) is 1.72. The molecule has 1 saturated carbocycles. The third-order valence-electron chi connectivity index (χ3n) is 5.21. The van der Waals surface area contributed by atoms with Crippen molar-refractivity contribution < 1.29 is 0 Å². The third kappa shape index (κ3) is 6.35. The highest BCUT2D eigenvalue weighted by Crippen LogP contribution is 2.48. The standard InChI is InChI=1S/C21H36N4/c1-4-22-20(23-16-10-11-17-25(5-2)6-3)24-18-21(14-15-21)19-12-8-7-9-13-19/h7-9,12-13H,4-6,10-11,14-18H2,1-3H3,(H2,22,23,24). The number of unbranched alkanes of at least 4 members (excludes halogenated alkanes) is 1. The van der Waals surface area contributed by atoms with Gasteiger partial charge in [0.25, 0.3) is 0 Å². The lowest BCUT2D eigenvalue weighted by atomic mass is 9.96. The maximum Gasteiger partial charge on any atom is 0.191 e. The molecule has 140 valence electrons. The largest absolute Gasteiger partial charge is 0.357 e. The lowest BCUT2D eigenvalue weighted by Crippen LogP contribution is -2.38. The number of aliphatic imine (C=N–C) groups is 1. The fraction of sp³-hybridized carbons (Fsp3) is 0.667. The Morgan fingerprint density at radius 1 is 1.04 bits per heavy atom. The van der Waals surface area contributed by atoms with Gasteiger partial charge in [0.15, 0.2) is 5.96 Å². The topological polar surface area (TPSA) is 39.7 Å². The van der Waals surface area contributed by atoms with Crippen molar-refractivity contribution in [3.63, 3.8) is 0 Å². The van der Waals surface area contributed by atoms with E-state index in [0.717, 1.165) is 38.7 Å². The van der Waals surface area contributed by atoms with E-state index in [2.05, 4.69) is 66.6 Å². The highest BCUT2D eigenvalue weighted by molar-refractivity contribution is 5.79. The van der Waals surface area contributed by atoms with Crippen molar-refractivity contribution in [3.8, 4) is 0 Å². The van der Waals surface area contributed by atoms with Gasteiger partial charge in [0.1, 0.15) is 0 Å². The Balaban J connectivity index is 1.77. The Morgan fingerprint density at radius 3 is 2.36 bits per heavy atom. The maximum absolute atomic E-state index is 4.87. The average Bonchev–Trinajstić information content (AvgIpc) is 3.44. The van der Waals surface area contributed by atoms with Gasteiger partial charge in [0.2, 0.25) is 0 Å². The number of benzene rings is 1. The Labute approximate surface area is 154 Å². The Kier molecular flexibility index (Phi) is 8.26. The van der Waals surface area contributed by atoms with Gasteiger partial charge in [-0.25, -0.2) is 0 Å². The van der Waals surface area contributed by atoms with Crippen molar-refractivity contribution in [1.29, 1.82) is 0 Å². The van der Waals surface area contributed by atoms with Crippen LogP contribution in [-0.2, 0) is 5.41 Å². The van der Waals surface area contributed by atoms with Crippen LogP contribution in [0.1, 0.15) is 52.0 Å². The summed E-state index contributed by atoms with van der Waals surface area (Å²) in [5, 5.41) is 6.89.